The maximum Gasteiger partial charge on any atom is 0.219 e. The SMILES string of the molecule is CCC(C)c1ccc(C(=O)SC2CCCCC2)cc1. The molecule has 1 aliphatic rings. The number of rotatable bonds is 4. The summed E-state index contributed by atoms with van der Waals surface area (Å²) in [5.74, 6) is 0.579. The Balaban J connectivity index is 1.95. The molecule has 1 unspecified atom stereocenters. The molecular formula is C17H24OS. The van der Waals surface area contributed by atoms with Crippen molar-refractivity contribution in [1.29, 1.82) is 0 Å². The van der Waals surface area contributed by atoms with E-state index in [2.05, 4.69) is 26.0 Å². The van der Waals surface area contributed by atoms with Crippen LogP contribution in [0.4, 0.5) is 0 Å². The molecule has 19 heavy (non-hydrogen) atoms. The summed E-state index contributed by atoms with van der Waals surface area (Å²) < 4.78 is 0. The number of hydrogen-bond acceptors (Lipinski definition) is 2. The number of thioether (sulfide) groups is 1. The molecule has 2 rings (SSSR count). The zero-order chi connectivity index (χ0) is 13.7. The third-order valence-electron chi connectivity index (χ3n) is 4.15. The predicted molar refractivity (Wildman–Crippen MR) is 83.9 cm³/mol. The summed E-state index contributed by atoms with van der Waals surface area (Å²) in [5.41, 5.74) is 2.20. The van der Waals surface area contributed by atoms with Crippen LogP contribution in [0.3, 0.4) is 0 Å². The Morgan fingerprint density at radius 2 is 1.84 bits per heavy atom. The van der Waals surface area contributed by atoms with E-state index < -0.39 is 0 Å². The molecule has 0 bridgehead atoms. The fourth-order valence-electron chi connectivity index (χ4n) is 2.59. The van der Waals surface area contributed by atoms with Crippen LogP contribution < -0.4 is 0 Å². The van der Waals surface area contributed by atoms with E-state index in [4.69, 9.17) is 0 Å². The molecule has 1 saturated carbocycles. The van der Waals surface area contributed by atoms with E-state index in [1.807, 2.05) is 12.1 Å². The fraction of sp³-hybridized carbons (Fsp3) is 0.588. The van der Waals surface area contributed by atoms with Crippen LogP contribution in [0.15, 0.2) is 24.3 Å². The van der Waals surface area contributed by atoms with Crippen molar-refractivity contribution >= 4 is 16.9 Å². The Morgan fingerprint density at radius 3 is 2.42 bits per heavy atom. The van der Waals surface area contributed by atoms with Gasteiger partial charge in [-0.15, -0.1) is 0 Å². The van der Waals surface area contributed by atoms with Crippen LogP contribution in [0.1, 0.15) is 74.2 Å². The molecular weight excluding hydrogens is 252 g/mol. The van der Waals surface area contributed by atoms with E-state index in [9.17, 15) is 4.79 Å². The van der Waals surface area contributed by atoms with Gasteiger partial charge in [0, 0.05) is 10.8 Å². The maximum absolute atomic E-state index is 12.2. The van der Waals surface area contributed by atoms with Crippen LogP contribution >= 0.6 is 11.8 Å². The quantitative estimate of drug-likeness (QED) is 0.731. The van der Waals surface area contributed by atoms with Crippen LogP contribution in [0.25, 0.3) is 0 Å². The maximum atomic E-state index is 12.2. The average Bonchev–Trinajstić information content (AvgIpc) is 2.47. The van der Waals surface area contributed by atoms with Crippen LogP contribution in [0.5, 0.6) is 0 Å². The average molecular weight is 276 g/mol. The summed E-state index contributed by atoms with van der Waals surface area (Å²) in [7, 11) is 0. The Labute approximate surface area is 121 Å². The van der Waals surface area contributed by atoms with Crippen molar-refractivity contribution in [3.05, 3.63) is 35.4 Å². The molecule has 1 aliphatic carbocycles. The molecule has 0 spiro atoms. The van der Waals surface area contributed by atoms with Crippen molar-refractivity contribution in [1.82, 2.24) is 0 Å². The van der Waals surface area contributed by atoms with E-state index in [1.165, 1.54) is 37.7 Å². The fourth-order valence-corrected chi connectivity index (χ4v) is 3.73. The first-order valence-electron chi connectivity index (χ1n) is 7.51. The second-order valence-electron chi connectivity index (χ2n) is 5.60. The summed E-state index contributed by atoms with van der Waals surface area (Å²) in [6, 6.07) is 8.23. The van der Waals surface area contributed by atoms with Gasteiger partial charge in [-0.1, -0.05) is 69.1 Å². The lowest BCUT2D eigenvalue weighted by Gasteiger charge is -2.20. The van der Waals surface area contributed by atoms with Gasteiger partial charge >= 0.3 is 0 Å². The van der Waals surface area contributed by atoms with Gasteiger partial charge in [-0.3, -0.25) is 4.79 Å². The molecule has 0 amide bonds. The number of carbonyl (C=O) groups is 1. The van der Waals surface area contributed by atoms with Crippen LogP contribution in [0, 0.1) is 0 Å². The highest BCUT2D eigenvalue weighted by Gasteiger charge is 2.18. The molecule has 0 heterocycles. The van der Waals surface area contributed by atoms with Gasteiger partial charge in [-0.2, -0.15) is 0 Å². The third kappa shape index (κ3) is 4.10. The van der Waals surface area contributed by atoms with E-state index in [-0.39, 0.29) is 5.12 Å². The minimum absolute atomic E-state index is 0.252. The van der Waals surface area contributed by atoms with E-state index in [0.29, 0.717) is 11.2 Å². The highest BCUT2D eigenvalue weighted by molar-refractivity contribution is 8.14. The summed E-state index contributed by atoms with van der Waals surface area (Å²) >= 11 is 1.55. The van der Waals surface area contributed by atoms with Crippen molar-refractivity contribution in [3.8, 4) is 0 Å². The Hall–Kier alpha value is -0.760. The minimum Gasteiger partial charge on any atom is -0.282 e. The van der Waals surface area contributed by atoms with Gasteiger partial charge < -0.3 is 0 Å². The highest BCUT2D eigenvalue weighted by Crippen LogP contribution is 2.30. The summed E-state index contributed by atoms with van der Waals surface area (Å²) in [4.78, 5) is 12.2. The molecule has 1 atom stereocenters. The summed E-state index contributed by atoms with van der Waals surface area (Å²) in [6.45, 7) is 4.43. The van der Waals surface area contributed by atoms with E-state index in [1.54, 1.807) is 11.8 Å². The standard InChI is InChI=1S/C17H24OS/c1-3-13(2)14-9-11-15(12-10-14)17(18)19-16-7-5-4-6-8-16/h9-13,16H,3-8H2,1-2H3. The van der Waals surface area contributed by atoms with Gasteiger partial charge in [0.1, 0.15) is 0 Å². The lowest BCUT2D eigenvalue weighted by molar-refractivity contribution is 0.108. The van der Waals surface area contributed by atoms with Crippen LogP contribution in [0.2, 0.25) is 0 Å². The van der Waals surface area contributed by atoms with Crippen molar-refractivity contribution in [3.63, 3.8) is 0 Å². The first-order valence-corrected chi connectivity index (χ1v) is 8.39. The molecule has 2 heteroatoms. The first-order chi connectivity index (χ1) is 9.20. The van der Waals surface area contributed by atoms with Gasteiger partial charge in [0.25, 0.3) is 0 Å². The number of hydrogen-bond donors (Lipinski definition) is 0. The number of benzene rings is 1. The van der Waals surface area contributed by atoms with Crippen molar-refractivity contribution in [2.45, 2.75) is 63.5 Å². The van der Waals surface area contributed by atoms with Gasteiger partial charge in [-0.05, 0) is 30.7 Å². The monoisotopic (exact) mass is 276 g/mol. The van der Waals surface area contributed by atoms with Crippen molar-refractivity contribution in [2.75, 3.05) is 0 Å². The molecule has 104 valence electrons. The molecule has 1 fully saturated rings. The molecule has 0 aromatic heterocycles. The molecule has 0 aliphatic heterocycles. The normalized spacial score (nSPS) is 18.2. The molecule has 1 nitrogen and oxygen atoms in total. The van der Waals surface area contributed by atoms with E-state index >= 15 is 0 Å². The highest BCUT2D eigenvalue weighted by atomic mass is 32.2. The molecule has 0 N–H and O–H groups in total. The Morgan fingerprint density at radius 1 is 1.21 bits per heavy atom. The zero-order valence-electron chi connectivity index (χ0n) is 12.0. The topological polar surface area (TPSA) is 17.1 Å². The number of carbonyl (C=O) groups excluding carboxylic acids is 1. The van der Waals surface area contributed by atoms with E-state index in [0.717, 1.165) is 12.0 Å². The largest absolute Gasteiger partial charge is 0.282 e. The molecule has 0 saturated heterocycles. The minimum atomic E-state index is 0.252. The second-order valence-corrected chi connectivity index (χ2v) is 6.87. The van der Waals surface area contributed by atoms with Gasteiger partial charge in [0.2, 0.25) is 5.12 Å². The molecule has 1 aromatic rings. The Bertz CT molecular complexity index is 404. The third-order valence-corrected chi connectivity index (χ3v) is 5.41. The lowest BCUT2D eigenvalue weighted by atomic mass is 9.98. The van der Waals surface area contributed by atoms with Crippen LogP contribution in [-0.4, -0.2) is 10.4 Å². The van der Waals surface area contributed by atoms with Crippen LogP contribution in [-0.2, 0) is 0 Å². The predicted octanol–water partition coefficient (Wildman–Crippen LogP) is 5.41. The summed E-state index contributed by atoms with van der Waals surface area (Å²) in [5, 5.41) is 0.804. The van der Waals surface area contributed by atoms with Gasteiger partial charge in [-0.25, -0.2) is 0 Å². The van der Waals surface area contributed by atoms with Crippen molar-refractivity contribution in [2.24, 2.45) is 0 Å². The lowest BCUT2D eigenvalue weighted by Crippen LogP contribution is -2.11. The molecule has 1 aromatic carbocycles. The summed E-state index contributed by atoms with van der Waals surface area (Å²) in [6.07, 6.45) is 7.48. The zero-order valence-corrected chi connectivity index (χ0v) is 12.8. The van der Waals surface area contributed by atoms with Crippen molar-refractivity contribution < 1.29 is 4.79 Å². The van der Waals surface area contributed by atoms with Gasteiger partial charge in [0.15, 0.2) is 0 Å². The van der Waals surface area contributed by atoms with Gasteiger partial charge in [0.05, 0.1) is 0 Å². The smallest absolute Gasteiger partial charge is 0.219 e. The molecule has 0 radical (unpaired) electrons. The second kappa shape index (κ2) is 7.14. The first kappa shape index (κ1) is 14.6. The Kier molecular flexibility index (Phi) is 5.50.